The minimum Gasteiger partial charge on any atom is -0.497 e. The standard InChI is InChI=1S/C19H19ClN2O4/c1-25-14-5-7-15(8-6-14)26-12-18(23)21-13-4-9-17(16(20)11-13)22-10-2-3-19(22)24/h4-9,11H,2-3,10,12H2,1H3,(H,21,23). The molecular formula is C19H19ClN2O4. The van der Waals surface area contributed by atoms with E-state index < -0.39 is 0 Å². The van der Waals surface area contributed by atoms with Crippen LogP contribution < -0.4 is 19.7 Å². The molecule has 1 heterocycles. The number of nitrogens with zero attached hydrogens (tertiary/aromatic N) is 1. The van der Waals surface area contributed by atoms with E-state index in [-0.39, 0.29) is 18.4 Å². The lowest BCUT2D eigenvalue weighted by Crippen LogP contribution is -2.24. The van der Waals surface area contributed by atoms with Crippen LogP contribution in [0, 0.1) is 0 Å². The molecule has 2 aromatic carbocycles. The molecule has 0 radical (unpaired) electrons. The number of ether oxygens (including phenoxy) is 2. The SMILES string of the molecule is COc1ccc(OCC(=O)Nc2ccc(N3CCCC3=O)c(Cl)c2)cc1. The summed E-state index contributed by atoms with van der Waals surface area (Å²) in [5, 5.41) is 3.15. The van der Waals surface area contributed by atoms with Crippen molar-refractivity contribution in [2.24, 2.45) is 0 Å². The molecule has 2 amide bonds. The minimum absolute atomic E-state index is 0.0663. The summed E-state index contributed by atoms with van der Waals surface area (Å²) < 4.78 is 10.5. The maximum absolute atomic E-state index is 12.0. The topological polar surface area (TPSA) is 67.9 Å². The first-order valence-electron chi connectivity index (χ1n) is 8.23. The van der Waals surface area contributed by atoms with Gasteiger partial charge in [-0.2, -0.15) is 0 Å². The number of anilines is 2. The predicted octanol–water partition coefficient (Wildman–Crippen LogP) is 3.49. The van der Waals surface area contributed by atoms with Crippen molar-refractivity contribution < 1.29 is 19.1 Å². The predicted molar refractivity (Wildman–Crippen MR) is 100 cm³/mol. The van der Waals surface area contributed by atoms with Gasteiger partial charge in [0.15, 0.2) is 6.61 Å². The van der Waals surface area contributed by atoms with Gasteiger partial charge in [0.1, 0.15) is 11.5 Å². The van der Waals surface area contributed by atoms with Crippen LogP contribution in [0.25, 0.3) is 0 Å². The molecule has 136 valence electrons. The molecule has 0 aromatic heterocycles. The number of amides is 2. The number of rotatable bonds is 6. The highest BCUT2D eigenvalue weighted by Crippen LogP contribution is 2.31. The first-order valence-corrected chi connectivity index (χ1v) is 8.61. The normalized spacial score (nSPS) is 13.6. The van der Waals surface area contributed by atoms with Gasteiger partial charge in [0, 0.05) is 18.7 Å². The average molecular weight is 375 g/mol. The Hall–Kier alpha value is -2.73. The van der Waals surface area contributed by atoms with Crippen molar-refractivity contribution >= 4 is 34.8 Å². The Bertz CT molecular complexity index is 808. The third-order valence-corrected chi connectivity index (χ3v) is 4.33. The summed E-state index contributed by atoms with van der Waals surface area (Å²) >= 11 is 6.27. The molecule has 1 aliphatic heterocycles. The van der Waals surface area contributed by atoms with Crippen molar-refractivity contribution in [1.29, 1.82) is 0 Å². The van der Waals surface area contributed by atoms with Crippen LogP contribution >= 0.6 is 11.6 Å². The van der Waals surface area contributed by atoms with Crippen molar-refractivity contribution in [3.05, 3.63) is 47.5 Å². The summed E-state index contributed by atoms with van der Waals surface area (Å²) in [4.78, 5) is 25.5. The molecule has 1 aliphatic rings. The molecule has 0 aliphatic carbocycles. The second-order valence-electron chi connectivity index (χ2n) is 5.83. The number of nitrogens with one attached hydrogen (secondary N) is 1. The largest absolute Gasteiger partial charge is 0.497 e. The molecule has 26 heavy (non-hydrogen) atoms. The summed E-state index contributed by atoms with van der Waals surface area (Å²) in [6.07, 6.45) is 1.37. The molecule has 1 N–H and O–H groups in total. The molecule has 3 rings (SSSR count). The molecule has 0 atom stereocenters. The van der Waals surface area contributed by atoms with Gasteiger partial charge in [0.25, 0.3) is 5.91 Å². The van der Waals surface area contributed by atoms with Crippen LogP contribution in [0.4, 0.5) is 11.4 Å². The molecule has 0 unspecified atom stereocenters. The van der Waals surface area contributed by atoms with Gasteiger partial charge in [-0.15, -0.1) is 0 Å². The van der Waals surface area contributed by atoms with Gasteiger partial charge in [-0.3, -0.25) is 9.59 Å². The number of hydrogen-bond donors (Lipinski definition) is 1. The fourth-order valence-electron chi connectivity index (χ4n) is 2.72. The van der Waals surface area contributed by atoms with E-state index in [0.29, 0.717) is 40.9 Å². The highest BCUT2D eigenvalue weighted by Gasteiger charge is 2.23. The third kappa shape index (κ3) is 4.26. The zero-order valence-corrected chi connectivity index (χ0v) is 15.1. The van der Waals surface area contributed by atoms with Crippen LogP contribution in [0.2, 0.25) is 5.02 Å². The van der Waals surface area contributed by atoms with Crippen LogP contribution in [0.15, 0.2) is 42.5 Å². The zero-order chi connectivity index (χ0) is 18.5. The summed E-state index contributed by atoms with van der Waals surface area (Å²) in [6, 6.07) is 12.1. The Morgan fingerprint density at radius 2 is 1.92 bits per heavy atom. The highest BCUT2D eigenvalue weighted by atomic mass is 35.5. The van der Waals surface area contributed by atoms with Gasteiger partial charge >= 0.3 is 0 Å². The molecule has 1 saturated heterocycles. The summed E-state index contributed by atoms with van der Waals surface area (Å²) in [7, 11) is 1.58. The van der Waals surface area contributed by atoms with Crippen molar-refractivity contribution in [1.82, 2.24) is 0 Å². The van der Waals surface area contributed by atoms with Gasteiger partial charge < -0.3 is 19.7 Å². The summed E-state index contributed by atoms with van der Waals surface area (Å²) in [6.45, 7) is 0.538. The lowest BCUT2D eigenvalue weighted by atomic mass is 10.2. The van der Waals surface area contributed by atoms with Crippen molar-refractivity contribution in [3.8, 4) is 11.5 Å². The Kier molecular flexibility index (Phi) is 5.63. The quantitative estimate of drug-likeness (QED) is 0.840. The molecule has 0 bridgehead atoms. The molecular weight excluding hydrogens is 356 g/mol. The second-order valence-corrected chi connectivity index (χ2v) is 6.23. The smallest absolute Gasteiger partial charge is 0.262 e. The van der Waals surface area contributed by atoms with E-state index in [1.54, 1.807) is 54.5 Å². The van der Waals surface area contributed by atoms with Gasteiger partial charge in [0.2, 0.25) is 5.91 Å². The Morgan fingerprint density at radius 3 is 2.54 bits per heavy atom. The van der Waals surface area contributed by atoms with Gasteiger partial charge in [-0.25, -0.2) is 0 Å². The van der Waals surface area contributed by atoms with Crippen LogP contribution in [-0.4, -0.2) is 32.1 Å². The van der Waals surface area contributed by atoms with E-state index in [1.807, 2.05) is 0 Å². The Labute approximate surface area is 156 Å². The lowest BCUT2D eigenvalue weighted by molar-refractivity contribution is -0.118. The number of benzene rings is 2. The van der Waals surface area contributed by atoms with Gasteiger partial charge in [-0.05, 0) is 48.9 Å². The monoisotopic (exact) mass is 374 g/mol. The first kappa shape index (κ1) is 18.1. The zero-order valence-electron chi connectivity index (χ0n) is 14.3. The molecule has 2 aromatic rings. The van der Waals surface area contributed by atoms with Crippen LogP contribution in [0.3, 0.4) is 0 Å². The maximum Gasteiger partial charge on any atom is 0.262 e. The summed E-state index contributed by atoms with van der Waals surface area (Å²) in [5.41, 5.74) is 1.22. The summed E-state index contributed by atoms with van der Waals surface area (Å²) in [5.74, 6) is 1.05. The Morgan fingerprint density at radius 1 is 1.19 bits per heavy atom. The number of carbonyl (C=O) groups is 2. The number of hydrogen-bond acceptors (Lipinski definition) is 4. The minimum atomic E-state index is -0.304. The van der Waals surface area contributed by atoms with E-state index in [2.05, 4.69) is 5.32 Å². The molecule has 0 saturated carbocycles. The van der Waals surface area contributed by atoms with Gasteiger partial charge in [-0.1, -0.05) is 11.6 Å². The molecule has 1 fully saturated rings. The van der Waals surface area contributed by atoms with Crippen LogP contribution in [-0.2, 0) is 9.59 Å². The number of carbonyl (C=O) groups excluding carboxylic acids is 2. The lowest BCUT2D eigenvalue weighted by Gasteiger charge is -2.18. The Balaban J connectivity index is 1.57. The van der Waals surface area contributed by atoms with E-state index in [0.717, 1.165) is 6.42 Å². The molecule has 6 nitrogen and oxygen atoms in total. The first-order chi connectivity index (χ1) is 12.6. The van der Waals surface area contributed by atoms with E-state index in [4.69, 9.17) is 21.1 Å². The van der Waals surface area contributed by atoms with E-state index in [1.165, 1.54) is 0 Å². The fraction of sp³-hybridized carbons (Fsp3) is 0.263. The highest BCUT2D eigenvalue weighted by molar-refractivity contribution is 6.34. The average Bonchev–Trinajstić information content (AvgIpc) is 3.06. The van der Waals surface area contributed by atoms with Crippen molar-refractivity contribution in [2.45, 2.75) is 12.8 Å². The maximum atomic E-state index is 12.0. The molecule has 7 heteroatoms. The fourth-order valence-corrected chi connectivity index (χ4v) is 3.01. The second kappa shape index (κ2) is 8.10. The van der Waals surface area contributed by atoms with Crippen LogP contribution in [0.5, 0.6) is 11.5 Å². The van der Waals surface area contributed by atoms with E-state index in [9.17, 15) is 9.59 Å². The third-order valence-electron chi connectivity index (χ3n) is 4.03. The van der Waals surface area contributed by atoms with Crippen molar-refractivity contribution in [3.63, 3.8) is 0 Å². The van der Waals surface area contributed by atoms with Gasteiger partial charge in [0.05, 0.1) is 17.8 Å². The number of methoxy groups -OCH3 is 1. The molecule has 0 spiro atoms. The van der Waals surface area contributed by atoms with Crippen molar-refractivity contribution in [2.75, 3.05) is 30.5 Å². The van der Waals surface area contributed by atoms with E-state index >= 15 is 0 Å². The number of halogens is 1. The van der Waals surface area contributed by atoms with Crippen LogP contribution in [0.1, 0.15) is 12.8 Å².